The van der Waals surface area contributed by atoms with Crippen molar-refractivity contribution in [1.82, 2.24) is 0 Å². The summed E-state index contributed by atoms with van der Waals surface area (Å²) < 4.78 is 34.8. The van der Waals surface area contributed by atoms with Gasteiger partial charge in [0.05, 0.1) is 27.7 Å². The van der Waals surface area contributed by atoms with Crippen LogP contribution in [0.4, 0.5) is 0 Å². The summed E-state index contributed by atoms with van der Waals surface area (Å²) in [6, 6.07) is 0. The highest BCUT2D eigenvalue weighted by atomic mass is 31.2. The Morgan fingerprint density at radius 1 is 0.348 bits per heavy atom. The molecule has 10 heteroatoms. The number of unbranched alkanes of at least 4 members (excludes halogenated alkanes) is 45. The number of ether oxygens (including phenoxy) is 2. The molecule has 92 heavy (non-hydrogen) atoms. The van der Waals surface area contributed by atoms with Crippen LogP contribution in [0.25, 0.3) is 0 Å². The molecule has 2 atom stereocenters. The molecule has 0 aliphatic carbocycles. The fourth-order valence-electron chi connectivity index (χ4n) is 11.4. The second kappa shape index (κ2) is 72.5. The molecule has 0 aromatic rings. The van der Waals surface area contributed by atoms with Crippen LogP contribution in [-0.4, -0.2) is 74.9 Å². The predicted molar refractivity (Wildman–Crippen MR) is 399 cm³/mol. The summed E-state index contributed by atoms with van der Waals surface area (Å²) in [5.74, 6) is -0.780. The summed E-state index contributed by atoms with van der Waals surface area (Å²) in [5.41, 5.74) is 0. The normalized spacial score (nSPS) is 13.5. The highest BCUT2D eigenvalue weighted by Crippen LogP contribution is 2.43. The number of hydrogen-bond donors (Lipinski definition) is 1. The van der Waals surface area contributed by atoms with E-state index in [0.717, 1.165) is 70.6 Å². The Labute approximate surface area is 571 Å². The second-order valence-corrected chi connectivity index (χ2v) is 29.2. The van der Waals surface area contributed by atoms with Crippen molar-refractivity contribution in [3.8, 4) is 0 Å². The van der Waals surface area contributed by atoms with Crippen LogP contribution in [0.1, 0.15) is 373 Å². The van der Waals surface area contributed by atoms with Crippen molar-refractivity contribution in [1.29, 1.82) is 0 Å². The Balaban J connectivity index is 3.94. The van der Waals surface area contributed by atoms with Crippen LogP contribution in [0.3, 0.4) is 0 Å². The molecule has 1 N–H and O–H groups in total. The zero-order valence-electron chi connectivity index (χ0n) is 61.3. The first-order chi connectivity index (χ1) is 45.0. The number of quaternary nitrogens is 1. The highest BCUT2D eigenvalue weighted by Gasteiger charge is 2.27. The summed E-state index contributed by atoms with van der Waals surface area (Å²) in [6.07, 6.45) is 100. The zero-order chi connectivity index (χ0) is 66.9. The lowest BCUT2D eigenvalue weighted by Crippen LogP contribution is -2.37. The van der Waals surface area contributed by atoms with Gasteiger partial charge in [-0.05, 0) is 89.9 Å². The molecule has 536 valence electrons. The number of carbonyl (C=O) groups is 2. The maximum atomic E-state index is 12.9. The zero-order valence-corrected chi connectivity index (χ0v) is 62.2. The average molecular weight is 1310 g/mol. The Hall–Kier alpha value is -2.81. The third-order valence-corrected chi connectivity index (χ3v) is 18.4. The number of likely N-dealkylation sites (N-methyl/N-ethyl adjacent to an activating group) is 1. The molecule has 0 saturated carbocycles. The predicted octanol–water partition coefficient (Wildman–Crippen LogP) is 26.1. The van der Waals surface area contributed by atoms with Crippen molar-refractivity contribution >= 4 is 19.8 Å². The van der Waals surface area contributed by atoms with Gasteiger partial charge in [0.25, 0.3) is 0 Å². The molecule has 2 unspecified atom stereocenters. The molecule has 0 fully saturated rings. The van der Waals surface area contributed by atoms with E-state index in [1.807, 2.05) is 21.1 Å². The van der Waals surface area contributed by atoms with Crippen LogP contribution in [0.2, 0.25) is 0 Å². The quantitative estimate of drug-likeness (QED) is 0.0211. The van der Waals surface area contributed by atoms with Crippen LogP contribution in [0.15, 0.2) is 85.1 Å². The molecule has 0 radical (unpaired) electrons. The Bertz CT molecular complexity index is 1830. The molecule has 0 saturated heterocycles. The Morgan fingerprint density at radius 3 is 0.924 bits per heavy atom. The van der Waals surface area contributed by atoms with E-state index in [1.54, 1.807) is 0 Å². The van der Waals surface area contributed by atoms with E-state index < -0.39 is 26.5 Å². The maximum absolute atomic E-state index is 12.9. The van der Waals surface area contributed by atoms with Crippen molar-refractivity contribution in [2.24, 2.45) is 0 Å². The van der Waals surface area contributed by atoms with E-state index in [0.29, 0.717) is 23.9 Å². The van der Waals surface area contributed by atoms with Gasteiger partial charge in [-0.15, -0.1) is 0 Å². The first-order valence-corrected chi connectivity index (χ1v) is 40.8. The fourth-order valence-corrected chi connectivity index (χ4v) is 12.2. The summed E-state index contributed by atoms with van der Waals surface area (Å²) in [4.78, 5) is 36.0. The van der Waals surface area contributed by atoms with E-state index in [1.165, 1.54) is 270 Å². The third-order valence-electron chi connectivity index (χ3n) is 17.4. The minimum Gasteiger partial charge on any atom is -0.462 e. The number of nitrogens with zero attached hydrogens (tertiary/aromatic N) is 1. The molecule has 0 aliphatic rings. The molecule has 0 rings (SSSR count). The van der Waals surface area contributed by atoms with Gasteiger partial charge < -0.3 is 18.9 Å². The summed E-state index contributed by atoms with van der Waals surface area (Å²) >= 11 is 0. The number of esters is 2. The molecule has 9 nitrogen and oxygen atoms in total. The third kappa shape index (κ3) is 76.2. The van der Waals surface area contributed by atoms with Gasteiger partial charge in [-0.25, -0.2) is 4.57 Å². The first kappa shape index (κ1) is 89.2. The molecule has 0 aromatic heterocycles. The summed E-state index contributed by atoms with van der Waals surface area (Å²) in [6.45, 7) is 4.37. The van der Waals surface area contributed by atoms with Gasteiger partial charge >= 0.3 is 19.8 Å². The van der Waals surface area contributed by atoms with Gasteiger partial charge in [0.15, 0.2) is 6.10 Å². The van der Waals surface area contributed by atoms with Crippen molar-refractivity contribution in [3.63, 3.8) is 0 Å². The van der Waals surface area contributed by atoms with Crippen LogP contribution in [0, 0.1) is 0 Å². The van der Waals surface area contributed by atoms with Crippen LogP contribution in [0.5, 0.6) is 0 Å². The number of phosphoric acid groups is 1. The molecular formula is C82H151NO8P+. The molecule has 0 bridgehead atoms. The van der Waals surface area contributed by atoms with Crippen molar-refractivity contribution in [2.75, 3.05) is 47.5 Å². The summed E-state index contributed by atoms with van der Waals surface area (Å²) in [5, 5.41) is 0. The minimum atomic E-state index is -4.40. The Kier molecular flexibility index (Phi) is 70.2. The van der Waals surface area contributed by atoms with Gasteiger partial charge in [0, 0.05) is 12.8 Å². The fraction of sp³-hybridized carbons (Fsp3) is 0.805. The van der Waals surface area contributed by atoms with Gasteiger partial charge in [-0.3, -0.25) is 18.6 Å². The average Bonchev–Trinajstić information content (AvgIpc) is 2.23. The molecule has 0 aromatic carbocycles. The van der Waals surface area contributed by atoms with Gasteiger partial charge in [-0.2, -0.15) is 0 Å². The minimum absolute atomic E-state index is 0.0320. The number of phosphoric ester groups is 1. The van der Waals surface area contributed by atoms with Crippen molar-refractivity contribution < 1.29 is 42.1 Å². The lowest BCUT2D eigenvalue weighted by atomic mass is 10.0. The van der Waals surface area contributed by atoms with Gasteiger partial charge in [-0.1, -0.05) is 356 Å². The topological polar surface area (TPSA) is 108 Å². The standard InChI is InChI=1S/C82H150NO8P/c1-6-8-10-12-14-16-18-20-22-24-26-28-30-32-34-36-38-40-41-43-44-46-48-50-52-54-56-58-60-62-64-66-68-70-72-74-81(84)88-78-80(79-90-92(86,87)89-77-76-83(3,4)5)91-82(85)75-73-71-69-67-65-63-61-59-57-55-53-51-49-47-45-42-39-37-35-33-31-29-27-25-23-21-19-17-15-13-11-9-7-2/h9,11,15,17-18,20-21,23-24,26-27,29,33,35,80H,6-8,10,12-14,16,19,22,25,28,30-32,34,36-79H2,1-5H3/p+1/b11-9-,17-15-,20-18-,23-21-,26-24-,29-27-,35-33-. The SMILES string of the molecule is CC/C=C\C/C=C\C/C=C\C/C=C\C/C=C\CCCCCCCCCCCCCCCCCCCC(=O)OC(COC(=O)CCCCCCCCCCCCCCCCCCCCCCCCC/C=C\C/C=C\CCCCCCC)COP(=O)(O)OCC[N+](C)(C)C. The van der Waals surface area contributed by atoms with Crippen molar-refractivity contribution in [3.05, 3.63) is 85.1 Å². The summed E-state index contributed by atoms with van der Waals surface area (Å²) in [7, 11) is 1.49. The van der Waals surface area contributed by atoms with Crippen LogP contribution in [-0.2, 0) is 32.7 Å². The molecule has 0 amide bonds. The number of carbonyl (C=O) groups excluding carboxylic acids is 2. The molecule has 0 spiro atoms. The molecule has 0 aliphatic heterocycles. The van der Waals surface area contributed by atoms with Crippen LogP contribution >= 0.6 is 7.82 Å². The lowest BCUT2D eigenvalue weighted by Gasteiger charge is -2.24. The first-order valence-electron chi connectivity index (χ1n) is 39.3. The molecular weight excluding hydrogens is 1160 g/mol. The van der Waals surface area contributed by atoms with Gasteiger partial charge in [0.2, 0.25) is 0 Å². The van der Waals surface area contributed by atoms with E-state index in [4.69, 9.17) is 18.5 Å². The maximum Gasteiger partial charge on any atom is 0.472 e. The van der Waals surface area contributed by atoms with E-state index in [-0.39, 0.29) is 25.6 Å². The number of allylic oxidation sites excluding steroid dienone is 14. The number of rotatable bonds is 73. The monoisotopic (exact) mass is 1310 g/mol. The second-order valence-electron chi connectivity index (χ2n) is 27.7. The highest BCUT2D eigenvalue weighted by molar-refractivity contribution is 7.47. The number of hydrogen-bond acceptors (Lipinski definition) is 7. The lowest BCUT2D eigenvalue weighted by molar-refractivity contribution is -0.870. The van der Waals surface area contributed by atoms with E-state index >= 15 is 0 Å². The smallest absolute Gasteiger partial charge is 0.462 e. The largest absolute Gasteiger partial charge is 0.472 e. The molecule has 0 heterocycles. The van der Waals surface area contributed by atoms with Crippen molar-refractivity contribution in [2.45, 2.75) is 380 Å². The van der Waals surface area contributed by atoms with Crippen LogP contribution < -0.4 is 0 Å². The van der Waals surface area contributed by atoms with Gasteiger partial charge in [0.1, 0.15) is 19.8 Å². The van der Waals surface area contributed by atoms with E-state index in [2.05, 4.69) is 98.9 Å². The Morgan fingerprint density at radius 2 is 0.620 bits per heavy atom. The van der Waals surface area contributed by atoms with E-state index in [9.17, 15) is 19.0 Å².